The van der Waals surface area contributed by atoms with Gasteiger partial charge in [0, 0.05) is 25.2 Å². The van der Waals surface area contributed by atoms with Crippen LogP contribution in [0.3, 0.4) is 0 Å². The Morgan fingerprint density at radius 2 is 2.04 bits per heavy atom. The summed E-state index contributed by atoms with van der Waals surface area (Å²) in [6, 6.07) is 8.58. The summed E-state index contributed by atoms with van der Waals surface area (Å²) in [6.45, 7) is 1.83. The van der Waals surface area contributed by atoms with Gasteiger partial charge in [-0.05, 0) is 36.8 Å². The number of aryl methyl sites for hydroxylation is 1. The molecule has 0 radical (unpaired) electrons. The molecule has 10 heteroatoms. The quantitative estimate of drug-likeness (QED) is 0.499. The first-order valence-electron chi connectivity index (χ1n) is 8.18. The number of rotatable bonds is 6. The van der Waals surface area contributed by atoms with Crippen LogP contribution in [0.4, 0.5) is 15.8 Å². The summed E-state index contributed by atoms with van der Waals surface area (Å²) < 4.78 is 39.7. The number of nitrogens with zero attached hydrogens (tertiary/aromatic N) is 3. The van der Waals surface area contributed by atoms with Crippen molar-refractivity contribution in [1.29, 1.82) is 0 Å². The van der Waals surface area contributed by atoms with E-state index in [4.69, 9.17) is 0 Å². The predicted octanol–water partition coefficient (Wildman–Crippen LogP) is 3.24. The molecule has 1 aromatic heterocycles. The van der Waals surface area contributed by atoms with Crippen molar-refractivity contribution in [3.05, 3.63) is 76.1 Å². The van der Waals surface area contributed by atoms with Crippen LogP contribution in [0.25, 0.3) is 5.69 Å². The summed E-state index contributed by atoms with van der Waals surface area (Å²) in [5, 5.41) is 14.2. The normalized spacial score (nSPS) is 11.4. The summed E-state index contributed by atoms with van der Waals surface area (Å²) in [7, 11) is -3.78. The highest BCUT2D eigenvalue weighted by Gasteiger charge is 2.26. The van der Waals surface area contributed by atoms with Crippen LogP contribution < -0.4 is 5.32 Å². The molecule has 0 aliphatic rings. The first kappa shape index (κ1) is 19.5. The minimum Gasteiger partial charge on any atom is -0.375 e. The highest BCUT2D eigenvalue weighted by atomic mass is 32.2. The molecular weight excluding hydrogens is 387 g/mol. The summed E-state index contributed by atoms with van der Waals surface area (Å²) in [6.07, 6.45) is 4.12. The lowest BCUT2D eigenvalue weighted by atomic mass is 10.1. The maximum Gasteiger partial charge on any atom is 0.310 e. The SMILES string of the molecule is Cc1nccn1-c1ccc(CNc2cccc(S(C)(=O)=O)c2[N+](=O)[O-])cc1F. The molecule has 0 aliphatic carbocycles. The van der Waals surface area contributed by atoms with Gasteiger partial charge in [0.05, 0.1) is 10.6 Å². The van der Waals surface area contributed by atoms with Gasteiger partial charge < -0.3 is 9.88 Å². The summed E-state index contributed by atoms with van der Waals surface area (Å²) in [5.74, 6) is 0.165. The van der Waals surface area contributed by atoms with E-state index in [2.05, 4.69) is 10.3 Å². The van der Waals surface area contributed by atoms with Crippen LogP contribution >= 0.6 is 0 Å². The molecule has 0 aliphatic heterocycles. The second-order valence-electron chi connectivity index (χ2n) is 6.17. The second-order valence-corrected chi connectivity index (χ2v) is 8.15. The number of aromatic nitrogens is 2. The van der Waals surface area contributed by atoms with Crippen LogP contribution in [0.2, 0.25) is 0 Å². The number of halogens is 1. The van der Waals surface area contributed by atoms with Crippen molar-refractivity contribution in [3.63, 3.8) is 0 Å². The number of benzene rings is 2. The van der Waals surface area contributed by atoms with Crippen LogP contribution in [0.1, 0.15) is 11.4 Å². The van der Waals surface area contributed by atoms with Gasteiger partial charge in [-0.1, -0.05) is 12.1 Å². The van der Waals surface area contributed by atoms with Crippen molar-refractivity contribution < 1.29 is 17.7 Å². The monoisotopic (exact) mass is 404 g/mol. The second kappa shape index (κ2) is 7.39. The molecule has 1 heterocycles. The number of hydrogen-bond acceptors (Lipinski definition) is 6. The van der Waals surface area contributed by atoms with Gasteiger partial charge in [-0.3, -0.25) is 10.1 Å². The summed E-state index contributed by atoms with van der Waals surface area (Å²) in [4.78, 5) is 14.3. The predicted molar refractivity (Wildman–Crippen MR) is 102 cm³/mol. The molecule has 0 fully saturated rings. The Kier molecular flexibility index (Phi) is 5.14. The number of hydrogen-bond donors (Lipinski definition) is 1. The maximum absolute atomic E-state index is 14.5. The molecule has 3 aromatic rings. The summed E-state index contributed by atoms with van der Waals surface area (Å²) in [5.41, 5.74) is 0.390. The van der Waals surface area contributed by atoms with Gasteiger partial charge in [-0.15, -0.1) is 0 Å². The van der Waals surface area contributed by atoms with Crippen LogP contribution in [-0.2, 0) is 16.4 Å². The van der Waals surface area contributed by atoms with Gasteiger partial charge in [0.15, 0.2) is 9.84 Å². The van der Waals surface area contributed by atoms with Crippen molar-refractivity contribution in [3.8, 4) is 5.69 Å². The first-order chi connectivity index (χ1) is 13.2. The number of nitro groups is 1. The van der Waals surface area contributed by atoms with Crippen LogP contribution in [0, 0.1) is 22.9 Å². The van der Waals surface area contributed by atoms with E-state index in [0.29, 0.717) is 17.1 Å². The Labute approximate surface area is 160 Å². The van der Waals surface area contributed by atoms with Gasteiger partial charge >= 0.3 is 5.69 Å². The van der Waals surface area contributed by atoms with Crippen molar-refractivity contribution in [1.82, 2.24) is 9.55 Å². The molecule has 0 unspecified atom stereocenters. The van der Waals surface area contributed by atoms with Gasteiger partial charge in [0.25, 0.3) is 0 Å². The zero-order valence-corrected chi connectivity index (χ0v) is 15.9. The maximum atomic E-state index is 14.5. The lowest BCUT2D eigenvalue weighted by molar-refractivity contribution is -0.386. The van der Waals surface area contributed by atoms with Crippen LogP contribution in [0.15, 0.2) is 53.7 Å². The lowest BCUT2D eigenvalue weighted by Gasteiger charge is -2.11. The molecule has 0 spiro atoms. The van der Waals surface area contributed by atoms with Gasteiger partial charge in [-0.25, -0.2) is 17.8 Å². The van der Waals surface area contributed by atoms with Crippen molar-refractivity contribution in [2.75, 3.05) is 11.6 Å². The largest absolute Gasteiger partial charge is 0.375 e. The molecular formula is C18H17FN4O4S. The number of para-hydroxylation sites is 1. The molecule has 1 N–H and O–H groups in total. The van der Waals surface area contributed by atoms with Gasteiger partial charge in [-0.2, -0.15) is 0 Å². The molecule has 146 valence electrons. The molecule has 8 nitrogen and oxygen atoms in total. The van der Waals surface area contributed by atoms with E-state index in [0.717, 1.165) is 6.26 Å². The lowest BCUT2D eigenvalue weighted by Crippen LogP contribution is -2.08. The molecule has 2 aromatic carbocycles. The van der Waals surface area contributed by atoms with Crippen LogP contribution in [-0.4, -0.2) is 29.1 Å². The number of nitrogens with one attached hydrogen (secondary N) is 1. The van der Waals surface area contributed by atoms with E-state index < -0.39 is 26.3 Å². The molecule has 0 atom stereocenters. The fourth-order valence-corrected chi connectivity index (χ4v) is 3.70. The van der Waals surface area contributed by atoms with Gasteiger partial charge in [0.1, 0.15) is 22.2 Å². The number of anilines is 1. The molecule has 0 saturated heterocycles. The standard InChI is InChI=1S/C18H17FN4O4S/c1-12-20-8-9-22(12)16-7-6-13(10-14(16)19)11-21-15-4-3-5-17(28(2,26)27)18(15)23(24)25/h3-10,21H,11H2,1-2H3. The molecule has 0 amide bonds. The topological polar surface area (TPSA) is 107 Å². The minimum atomic E-state index is -3.78. The van der Waals surface area contributed by atoms with Gasteiger partial charge in [0.2, 0.25) is 0 Å². The highest BCUT2D eigenvalue weighted by Crippen LogP contribution is 2.32. The number of imidazole rings is 1. The Hall–Kier alpha value is -3.27. The average Bonchev–Trinajstić information content (AvgIpc) is 3.04. The van der Waals surface area contributed by atoms with E-state index in [1.54, 1.807) is 36.0 Å². The van der Waals surface area contributed by atoms with E-state index in [9.17, 15) is 22.9 Å². The molecule has 3 rings (SSSR count). The third kappa shape index (κ3) is 3.86. The van der Waals surface area contributed by atoms with E-state index in [-0.39, 0.29) is 17.1 Å². The minimum absolute atomic E-state index is 0.0443. The summed E-state index contributed by atoms with van der Waals surface area (Å²) >= 11 is 0. The number of nitro benzene ring substituents is 1. The number of sulfone groups is 1. The highest BCUT2D eigenvalue weighted by molar-refractivity contribution is 7.90. The Balaban J connectivity index is 1.88. The van der Waals surface area contributed by atoms with E-state index in [1.807, 2.05) is 0 Å². The molecule has 28 heavy (non-hydrogen) atoms. The zero-order valence-electron chi connectivity index (χ0n) is 15.1. The third-order valence-electron chi connectivity index (χ3n) is 4.16. The smallest absolute Gasteiger partial charge is 0.310 e. The van der Waals surface area contributed by atoms with E-state index in [1.165, 1.54) is 24.3 Å². The first-order valence-corrected chi connectivity index (χ1v) is 10.1. The molecule has 0 bridgehead atoms. The fraction of sp³-hybridized carbons (Fsp3) is 0.167. The fourth-order valence-electron chi connectivity index (χ4n) is 2.84. The zero-order chi connectivity index (χ0) is 20.5. The van der Waals surface area contributed by atoms with Crippen LogP contribution in [0.5, 0.6) is 0 Å². The Morgan fingerprint density at radius 3 is 2.61 bits per heavy atom. The van der Waals surface area contributed by atoms with E-state index >= 15 is 0 Å². The third-order valence-corrected chi connectivity index (χ3v) is 5.29. The van der Waals surface area contributed by atoms with Crippen molar-refractivity contribution in [2.45, 2.75) is 18.4 Å². The molecule has 0 saturated carbocycles. The average molecular weight is 404 g/mol. The Morgan fingerprint density at radius 1 is 1.29 bits per heavy atom. The van der Waals surface area contributed by atoms with Crippen molar-refractivity contribution in [2.24, 2.45) is 0 Å². The Bertz CT molecular complexity index is 1160. The van der Waals surface area contributed by atoms with Crippen molar-refractivity contribution >= 4 is 21.2 Å².